The van der Waals surface area contributed by atoms with Crippen LogP contribution in [0.2, 0.25) is 0 Å². The molecule has 0 aliphatic carbocycles. The van der Waals surface area contributed by atoms with E-state index in [1.165, 1.54) is 18.3 Å². The summed E-state index contributed by atoms with van der Waals surface area (Å²) in [6.07, 6.45) is 1.91. The van der Waals surface area contributed by atoms with Crippen molar-refractivity contribution < 1.29 is 22.3 Å². The number of hydrogen-bond donors (Lipinski definition) is 0. The number of aromatic nitrogens is 1. The molecule has 0 saturated heterocycles. The number of nitrogens with zero attached hydrogens (tertiary/aromatic N) is 2. The molecule has 3 aromatic rings. The van der Waals surface area contributed by atoms with Crippen LogP contribution in [0.4, 0.5) is 4.39 Å². The molecule has 0 fully saturated rings. The highest BCUT2D eigenvalue weighted by atomic mass is 35.5. The number of rotatable bonds is 7. The van der Waals surface area contributed by atoms with Gasteiger partial charge in [-0.1, -0.05) is 56.3 Å². The number of carbonyl (C=O) groups excluding carboxylic acids is 1. The average molecular weight is 477 g/mol. The smallest absolute Gasteiger partial charge is 0.286 e. The summed E-state index contributed by atoms with van der Waals surface area (Å²) in [6, 6.07) is 16.8. The van der Waals surface area contributed by atoms with Crippen molar-refractivity contribution in [1.82, 2.24) is 8.81 Å². The number of carbonyl (C=O) groups is 1. The predicted octanol–water partition coefficient (Wildman–Crippen LogP) is 5.22. The van der Waals surface area contributed by atoms with Crippen LogP contribution in [-0.2, 0) is 10.0 Å². The van der Waals surface area contributed by atoms with Crippen LogP contribution in [0.25, 0.3) is 11.1 Å². The maximum Gasteiger partial charge on any atom is 0.286 e. The summed E-state index contributed by atoms with van der Waals surface area (Å²) in [5.41, 5.74) is 0.878. The molecule has 3 rings (SSSR count). The van der Waals surface area contributed by atoms with Gasteiger partial charge in [-0.05, 0) is 29.7 Å². The third-order valence-corrected chi connectivity index (χ3v) is 6.37. The number of benzene rings is 2. The molecule has 9 heteroatoms. The van der Waals surface area contributed by atoms with Gasteiger partial charge in [0.05, 0.1) is 11.8 Å². The first-order chi connectivity index (χ1) is 15.1. The minimum atomic E-state index is -4.11. The summed E-state index contributed by atoms with van der Waals surface area (Å²) >= 11 is 5.70. The first kappa shape index (κ1) is 23.7. The fourth-order valence-corrected chi connectivity index (χ4v) is 3.72. The van der Waals surface area contributed by atoms with Gasteiger partial charge in [0, 0.05) is 29.1 Å². The van der Waals surface area contributed by atoms with Crippen LogP contribution in [0.1, 0.15) is 35.9 Å². The largest absolute Gasteiger partial charge is 0.469 e. The van der Waals surface area contributed by atoms with E-state index in [0.717, 1.165) is 17.9 Å². The second-order valence-electron chi connectivity index (χ2n) is 7.49. The lowest BCUT2D eigenvalue weighted by Gasteiger charge is -2.24. The minimum Gasteiger partial charge on any atom is -0.469 e. The van der Waals surface area contributed by atoms with Crippen LogP contribution in [0.5, 0.6) is 5.88 Å². The molecule has 0 radical (unpaired) electrons. The summed E-state index contributed by atoms with van der Waals surface area (Å²) in [5, 5.41) is 0. The van der Waals surface area contributed by atoms with E-state index in [1.54, 1.807) is 12.1 Å². The molecule has 0 aliphatic heterocycles. The summed E-state index contributed by atoms with van der Waals surface area (Å²) < 4.78 is 44.5. The monoisotopic (exact) mass is 476 g/mol. The standard InChI is InChI=1S/C23H22ClFN2O4S/c1-15(2)21(16-9-5-4-6-10-16)31-22-18(12-8-14-26-22)17-11-7-13-19(25)20(17)23(28)27(24)32(3,29)30/h4-15,21H,1-3H3/t21-/m0/s1. The lowest BCUT2D eigenvalue weighted by molar-refractivity contribution is 0.0920. The van der Waals surface area contributed by atoms with Gasteiger partial charge in [-0.25, -0.2) is 17.8 Å². The van der Waals surface area contributed by atoms with E-state index in [0.29, 0.717) is 5.56 Å². The third kappa shape index (κ3) is 5.08. The SMILES string of the molecule is CC(C)[C@H](Oc1ncccc1-c1cccc(F)c1C(=O)N(Cl)S(C)(=O)=O)c1ccccc1. The van der Waals surface area contributed by atoms with Crippen molar-refractivity contribution in [2.24, 2.45) is 5.92 Å². The minimum absolute atomic E-state index is 0.00724. The maximum atomic E-state index is 14.8. The first-order valence-electron chi connectivity index (χ1n) is 9.77. The molecule has 1 amide bonds. The number of ether oxygens (including phenoxy) is 1. The molecule has 1 aromatic heterocycles. The van der Waals surface area contributed by atoms with Gasteiger partial charge >= 0.3 is 0 Å². The topological polar surface area (TPSA) is 76.6 Å². The van der Waals surface area contributed by atoms with Crippen LogP contribution in [0.3, 0.4) is 0 Å². The van der Waals surface area contributed by atoms with Gasteiger partial charge in [0.1, 0.15) is 11.9 Å². The first-order valence-corrected chi connectivity index (χ1v) is 12.0. The Kier molecular flexibility index (Phi) is 7.16. The van der Waals surface area contributed by atoms with Crippen molar-refractivity contribution in [1.29, 1.82) is 0 Å². The average Bonchev–Trinajstić information content (AvgIpc) is 2.76. The van der Waals surface area contributed by atoms with E-state index in [1.807, 2.05) is 44.2 Å². The molecule has 2 aromatic carbocycles. The van der Waals surface area contributed by atoms with Crippen LogP contribution < -0.4 is 4.74 Å². The lowest BCUT2D eigenvalue weighted by atomic mass is 9.97. The summed E-state index contributed by atoms with van der Waals surface area (Å²) in [6.45, 7) is 3.99. The molecule has 1 heterocycles. The van der Waals surface area contributed by atoms with Crippen LogP contribution in [0.15, 0.2) is 66.9 Å². The van der Waals surface area contributed by atoms with E-state index in [-0.39, 0.29) is 27.3 Å². The van der Waals surface area contributed by atoms with Crippen molar-refractivity contribution in [2.75, 3.05) is 6.26 Å². The van der Waals surface area contributed by atoms with Crippen LogP contribution in [-0.4, -0.2) is 29.4 Å². The van der Waals surface area contributed by atoms with Gasteiger partial charge in [0.2, 0.25) is 15.9 Å². The number of halogens is 2. The Morgan fingerprint density at radius 3 is 2.31 bits per heavy atom. The lowest BCUT2D eigenvalue weighted by Crippen LogP contribution is -2.28. The maximum absolute atomic E-state index is 14.8. The van der Waals surface area contributed by atoms with Gasteiger partial charge in [0.25, 0.3) is 5.91 Å². The van der Waals surface area contributed by atoms with Crippen molar-refractivity contribution in [3.05, 3.63) is 83.8 Å². The van der Waals surface area contributed by atoms with E-state index < -0.39 is 27.3 Å². The van der Waals surface area contributed by atoms with Gasteiger partial charge in [-0.15, -0.1) is 3.82 Å². The number of hydrogen-bond acceptors (Lipinski definition) is 5. The molecule has 0 saturated carbocycles. The molecule has 0 aliphatic rings. The zero-order chi connectivity index (χ0) is 23.5. The summed E-state index contributed by atoms with van der Waals surface area (Å²) in [4.78, 5) is 17.1. The molecule has 1 atom stereocenters. The summed E-state index contributed by atoms with van der Waals surface area (Å²) in [7, 11) is -4.11. The van der Waals surface area contributed by atoms with Crippen molar-refractivity contribution in [3.63, 3.8) is 0 Å². The van der Waals surface area contributed by atoms with Gasteiger partial charge in [0.15, 0.2) is 0 Å². The Morgan fingerprint density at radius 2 is 1.69 bits per heavy atom. The van der Waals surface area contributed by atoms with Gasteiger partial charge in [-0.3, -0.25) is 4.79 Å². The van der Waals surface area contributed by atoms with Crippen molar-refractivity contribution in [3.8, 4) is 17.0 Å². The zero-order valence-electron chi connectivity index (χ0n) is 17.7. The molecule has 0 unspecified atom stereocenters. The normalized spacial score (nSPS) is 12.4. The predicted molar refractivity (Wildman–Crippen MR) is 121 cm³/mol. The zero-order valence-corrected chi connectivity index (χ0v) is 19.3. The molecule has 0 N–H and O–H groups in total. The third-order valence-electron chi connectivity index (χ3n) is 4.71. The van der Waals surface area contributed by atoms with Crippen LogP contribution in [0, 0.1) is 11.7 Å². The van der Waals surface area contributed by atoms with Gasteiger partial charge in [-0.2, -0.15) is 0 Å². The fraction of sp³-hybridized carbons (Fsp3) is 0.217. The Hall–Kier alpha value is -2.97. The Balaban J connectivity index is 2.12. The molecular weight excluding hydrogens is 455 g/mol. The number of sulfonamides is 1. The van der Waals surface area contributed by atoms with E-state index in [9.17, 15) is 17.6 Å². The quantitative estimate of drug-likeness (QED) is 0.437. The van der Waals surface area contributed by atoms with Crippen molar-refractivity contribution >= 4 is 27.7 Å². The second-order valence-corrected chi connectivity index (χ2v) is 9.86. The fourth-order valence-electron chi connectivity index (χ4n) is 3.25. The summed E-state index contributed by atoms with van der Waals surface area (Å²) in [5.74, 6) is -1.87. The van der Waals surface area contributed by atoms with Gasteiger partial charge < -0.3 is 4.74 Å². The van der Waals surface area contributed by atoms with Crippen molar-refractivity contribution in [2.45, 2.75) is 20.0 Å². The van der Waals surface area contributed by atoms with Crippen LogP contribution >= 0.6 is 11.8 Å². The molecule has 6 nitrogen and oxygen atoms in total. The van der Waals surface area contributed by atoms with E-state index in [2.05, 4.69) is 4.98 Å². The highest BCUT2D eigenvalue weighted by Crippen LogP contribution is 2.36. The molecule has 0 spiro atoms. The Labute approximate surface area is 191 Å². The molecule has 168 valence electrons. The highest BCUT2D eigenvalue weighted by molar-refractivity contribution is 7.89. The number of pyridine rings is 1. The molecular formula is C23H22ClFN2O4S. The Morgan fingerprint density at radius 1 is 1.03 bits per heavy atom. The Bertz CT molecular complexity index is 1220. The highest BCUT2D eigenvalue weighted by Gasteiger charge is 2.30. The second kappa shape index (κ2) is 9.67. The number of amides is 1. The molecule has 0 bridgehead atoms. The van der Waals surface area contributed by atoms with E-state index in [4.69, 9.17) is 16.5 Å². The van der Waals surface area contributed by atoms with E-state index >= 15 is 0 Å². The molecule has 32 heavy (non-hydrogen) atoms.